The van der Waals surface area contributed by atoms with Gasteiger partial charge < -0.3 is 10.4 Å². The van der Waals surface area contributed by atoms with E-state index in [0.29, 0.717) is 23.1 Å². The summed E-state index contributed by atoms with van der Waals surface area (Å²) in [7, 11) is 0. The summed E-state index contributed by atoms with van der Waals surface area (Å²) in [5.41, 5.74) is 1.30. The molecule has 0 aliphatic rings. The van der Waals surface area contributed by atoms with Gasteiger partial charge in [0.1, 0.15) is 5.75 Å². The third kappa shape index (κ3) is 4.74. The molecule has 0 fully saturated rings. The van der Waals surface area contributed by atoms with E-state index in [1.807, 2.05) is 41.0 Å². The average Bonchev–Trinajstić information content (AvgIpc) is 3.19. The molecule has 1 amide bonds. The van der Waals surface area contributed by atoms with E-state index in [2.05, 4.69) is 54.0 Å². The van der Waals surface area contributed by atoms with Gasteiger partial charge in [0.2, 0.25) is 5.91 Å². The Balaban J connectivity index is 1.54. The van der Waals surface area contributed by atoms with E-state index in [0.717, 1.165) is 25.4 Å². The molecule has 3 aromatic carbocycles. The van der Waals surface area contributed by atoms with Crippen molar-refractivity contribution in [2.24, 2.45) is 0 Å². The predicted octanol–water partition coefficient (Wildman–Crippen LogP) is 6.25. The summed E-state index contributed by atoms with van der Waals surface area (Å²) >= 11 is 8.24. The molecule has 0 bridgehead atoms. The quantitative estimate of drug-likeness (QED) is 0.202. The zero-order valence-corrected chi connectivity index (χ0v) is 20.7. The van der Waals surface area contributed by atoms with E-state index in [1.54, 1.807) is 24.3 Å². The van der Waals surface area contributed by atoms with Crippen LogP contribution in [0.15, 0.2) is 81.4 Å². The molecular formula is C23H18Br2N4O2S. The SMILES string of the molecule is C=CCn1c(SCC(=O)Nc2ccc(Br)c3ccccc23)nnc1-c1cc(Br)ccc1O. The lowest BCUT2D eigenvalue weighted by atomic mass is 10.1. The maximum Gasteiger partial charge on any atom is 0.234 e. The van der Waals surface area contributed by atoms with E-state index in [1.165, 1.54) is 11.8 Å². The van der Waals surface area contributed by atoms with Crippen LogP contribution in [-0.2, 0) is 11.3 Å². The van der Waals surface area contributed by atoms with Gasteiger partial charge in [0.15, 0.2) is 11.0 Å². The van der Waals surface area contributed by atoms with Gasteiger partial charge in [0.05, 0.1) is 11.3 Å². The molecule has 9 heteroatoms. The Bertz CT molecular complexity index is 1320. The largest absolute Gasteiger partial charge is 0.507 e. The molecule has 6 nitrogen and oxygen atoms in total. The second-order valence-corrected chi connectivity index (χ2v) is 9.56. The first-order valence-corrected chi connectivity index (χ1v) is 12.2. The number of phenols is 1. The van der Waals surface area contributed by atoms with Crippen molar-refractivity contribution in [2.75, 3.05) is 11.1 Å². The topological polar surface area (TPSA) is 80.0 Å². The van der Waals surface area contributed by atoms with Crippen LogP contribution in [0.3, 0.4) is 0 Å². The molecule has 0 saturated carbocycles. The van der Waals surface area contributed by atoms with Gasteiger partial charge in [-0.25, -0.2) is 0 Å². The summed E-state index contributed by atoms with van der Waals surface area (Å²) in [6.45, 7) is 4.24. The van der Waals surface area contributed by atoms with Gasteiger partial charge in [-0.05, 0) is 35.7 Å². The van der Waals surface area contributed by atoms with E-state index in [-0.39, 0.29) is 17.4 Å². The Hall–Kier alpha value is -2.62. The van der Waals surface area contributed by atoms with E-state index in [4.69, 9.17) is 0 Å². The number of nitrogens with zero attached hydrogens (tertiary/aromatic N) is 3. The fourth-order valence-electron chi connectivity index (χ4n) is 3.26. The van der Waals surface area contributed by atoms with Crippen LogP contribution < -0.4 is 5.32 Å². The number of nitrogens with one attached hydrogen (secondary N) is 1. The molecule has 0 radical (unpaired) electrons. The van der Waals surface area contributed by atoms with Gasteiger partial charge in [-0.3, -0.25) is 9.36 Å². The summed E-state index contributed by atoms with van der Waals surface area (Å²) in [6, 6.07) is 16.8. The van der Waals surface area contributed by atoms with Crippen LogP contribution in [0.4, 0.5) is 5.69 Å². The van der Waals surface area contributed by atoms with Crippen LogP contribution in [-0.4, -0.2) is 31.5 Å². The Kier molecular flexibility index (Phi) is 6.98. The minimum absolute atomic E-state index is 0.0994. The normalized spacial score (nSPS) is 10.9. The highest BCUT2D eigenvalue weighted by Gasteiger charge is 2.18. The third-order valence-electron chi connectivity index (χ3n) is 4.71. The number of amides is 1. The molecule has 32 heavy (non-hydrogen) atoms. The molecule has 1 heterocycles. The molecule has 0 spiro atoms. The second-order valence-electron chi connectivity index (χ2n) is 6.84. The zero-order valence-electron chi connectivity index (χ0n) is 16.8. The zero-order chi connectivity index (χ0) is 22.7. The predicted molar refractivity (Wildman–Crippen MR) is 136 cm³/mol. The molecule has 0 aliphatic heterocycles. The number of anilines is 1. The van der Waals surface area contributed by atoms with E-state index < -0.39 is 0 Å². The minimum Gasteiger partial charge on any atom is -0.507 e. The van der Waals surface area contributed by atoms with Gasteiger partial charge >= 0.3 is 0 Å². The molecular weight excluding hydrogens is 556 g/mol. The number of hydrogen-bond acceptors (Lipinski definition) is 5. The number of carbonyl (C=O) groups is 1. The number of aromatic hydroxyl groups is 1. The molecule has 4 aromatic rings. The monoisotopic (exact) mass is 572 g/mol. The highest BCUT2D eigenvalue weighted by atomic mass is 79.9. The van der Waals surface area contributed by atoms with Crippen LogP contribution in [0.1, 0.15) is 0 Å². The van der Waals surface area contributed by atoms with Crippen molar-refractivity contribution < 1.29 is 9.90 Å². The van der Waals surface area contributed by atoms with Gasteiger partial charge in [0, 0.05) is 26.6 Å². The van der Waals surface area contributed by atoms with Crippen LogP contribution in [0, 0.1) is 0 Å². The fourth-order valence-corrected chi connectivity index (χ4v) is 4.85. The summed E-state index contributed by atoms with van der Waals surface area (Å²) < 4.78 is 3.61. The number of hydrogen-bond donors (Lipinski definition) is 2. The Morgan fingerprint density at radius 2 is 1.91 bits per heavy atom. The second kappa shape index (κ2) is 9.89. The number of aromatic nitrogens is 3. The van der Waals surface area contributed by atoms with Gasteiger partial charge in [-0.1, -0.05) is 74.0 Å². The highest BCUT2D eigenvalue weighted by molar-refractivity contribution is 9.11. The molecule has 4 rings (SSSR count). The summed E-state index contributed by atoms with van der Waals surface area (Å²) in [4.78, 5) is 12.7. The van der Waals surface area contributed by atoms with Crippen molar-refractivity contribution in [1.82, 2.24) is 14.8 Å². The molecule has 0 aliphatic carbocycles. The summed E-state index contributed by atoms with van der Waals surface area (Å²) in [5, 5.41) is 24.3. The first-order valence-electron chi connectivity index (χ1n) is 9.61. The van der Waals surface area contributed by atoms with Crippen LogP contribution in [0.5, 0.6) is 5.75 Å². The number of halogens is 2. The third-order valence-corrected chi connectivity index (χ3v) is 6.86. The first kappa shape index (κ1) is 22.6. The van der Waals surface area contributed by atoms with Gasteiger partial charge in [0.25, 0.3) is 0 Å². The van der Waals surface area contributed by atoms with Crippen molar-refractivity contribution >= 4 is 66.0 Å². The number of carbonyl (C=O) groups excluding carboxylic acids is 1. The average molecular weight is 574 g/mol. The van der Waals surface area contributed by atoms with Crippen molar-refractivity contribution in [1.29, 1.82) is 0 Å². The molecule has 0 saturated heterocycles. The van der Waals surface area contributed by atoms with Crippen molar-refractivity contribution in [3.63, 3.8) is 0 Å². The van der Waals surface area contributed by atoms with Crippen LogP contribution in [0.2, 0.25) is 0 Å². The van der Waals surface area contributed by atoms with Gasteiger partial charge in [-0.15, -0.1) is 16.8 Å². The smallest absolute Gasteiger partial charge is 0.234 e. The van der Waals surface area contributed by atoms with E-state index in [9.17, 15) is 9.90 Å². The minimum atomic E-state index is -0.150. The van der Waals surface area contributed by atoms with Crippen molar-refractivity contribution in [2.45, 2.75) is 11.7 Å². The lowest BCUT2D eigenvalue weighted by Crippen LogP contribution is -2.15. The number of benzene rings is 3. The van der Waals surface area contributed by atoms with Crippen molar-refractivity contribution in [3.8, 4) is 17.1 Å². The number of allylic oxidation sites excluding steroid dienone is 1. The molecule has 0 atom stereocenters. The summed E-state index contributed by atoms with van der Waals surface area (Å²) in [5.74, 6) is 0.611. The van der Waals surface area contributed by atoms with Crippen molar-refractivity contribution in [3.05, 3.63) is 76.2 Å². The Morgan fingerprint density at radius 1 is 1.12 bits per heavy atom. The maximum atomic E-state index is 12.7. The first-order chi connectivity index (χ1) is 15.5. The molecule has 1 aromatic heterocycles. The number of rotatable bonds is 7. The van der Waals surface area contributed by atoms with Crippen LogP contribution in [0.25, 0.3) is 22.2 Å². The van der Waals surface area contributed by atoms with Gasteiger partial charge in [-0.2, -0.15) is 0 Å². The lowest BCUT2D eigenvalue weighted by molar-refractivity contribution is -0.113. The Labute approximate surface area is 206 Å². The van der Waals surface area contributed by atoms with Crippen LogP contribution >= 0.6 is 43.6 Å². The fraction of sp³-hybridized carbons (Fsp3) is 0.0870. The highest BCUT2D eigenvalue weighted by Crippen LogP contribution is 2.33. The number of phenolic OH excluding ortho intramolecular Hbond substituents is 1. The molecule has 162 valence electrons. The number of fused-ring (bicyclic) bond motifs is 1. The number of thioether (sulfide) groups is 1. The lowest BCUT2D eigenvalue weighted by Gasteiger charge is -2.11. The standard InChI is InChI=1S/C23H18Br2N4O2S/c1-2-11-29-22(17-12-14(24)7-10-20(17)30)27-28-23(29)32-13-21(31)26-19-9-8-18(25)15-5-3-4-6-16(15)19/h2-10,12,30H,1,11,13H2,(H,26,31). The Morgan fingerprint density at radius 3 is 2.69 bits per heavy atom. The van der Waals surface area contributed by atoms with E-state index >= 15 is 0 Å². The summed E-state index contributed by atoms with van der Waals surface area (Å²) in [6.07, 6.45) is 1.72. The molecule has 2 N–H and O–H groups in total. The molecule has 0 unspecified atom stereocenters. The maximum absolute atomic E-state index is 12.7.